The zero-order valence-corrected chi connectivity index (χ0v) is 17.3. The van der Waals surface area contributed by atoms with E-state index < -0.39 is 11.9 Å². The Labute approximate surface area is 174 Å². The first-order valence-electron chi connectivity index (χ1n) is 8.69. The van der Waals surface area contributed by atoms with Crippen molar-refractivity contribution in [2.75, 3.05) is 33.3 Å². The zero-order chi connectivity index (χ0) is 21.4. The van der Waals surface area contributed by atoms with Crippen LogP contribution in [-0.4, -0.2) is 39.8 Å². The van der Waals surface area contributed by atoms with E-state index in [0.29, 0.717) is 40.1 Å². The molecule has 0 aliphatic rings. The van der Waals surface area contributed by atoms with Crippen LogP contribution in [0.5, 0.6) is 17.2 Å². The summed E-state index contributed by atoms with van der Waals surface area (Å²) < 4.78 is 20.6. The number of hydrogen-bond acceptors (Lipinski definition) is 6. The van der Waals surface area contributed by atoms with Crippen LogP contribution in [0.2, 0.25) is 5.02 Å². The van der Waals surface area contributed by atoms with Crippen molar-refractivity contribution in [2.24, 2.45) is 0 Å². The lowest BCUT2D eigenvalue weighted by Crippen LogP contribution is -2.13. The van der Waals surface area contributed by atoms with Gasteiger partial charge >= 0.3 is 5.97 Å². The molecule has 2 aromatic carbocycles. The van der Waals surface area contributed by atoms with E-state index in [9.17, 15) is 9.59 Å². The molecule has 0 bridgehead atoms. The molecule has 7 nitrogen and oxygen atoms in total. The molecule has 0 atom stereocenters. The molecular weight excluding hydrogens is 398 g/mol. The Bertz CT molecular complexity index is 926. The second kappa shape index (κ2) is 10.4. The third-order valence-corrected chi connectivity index (χ3v) is 4.13. The van der Waals surface area contributed by atoms with Gasteiger partial charge in [0, 0.05) is 6.08 Å². The Kier molecular flexibility index (Phi) is 7.91. The van der Waals surface area contributed by atoms with Crippen LogP contribution in [-0.2, 0) is 9.53 Å². The van der Waals surface area contributed by atoms with Gasteiger partial charge in [-0.15, -0.1) is 0 Å². The van der Waals surface area contributed by atoms with E-state index in [1.165, 1.54) is 33.5 Å². The van der Waals surface area contributed by atoms with Crippen LogP contribution in [0.4, 0.5) is 5.69 Å². The minimum absolute atomic E-state index is 0.180. The first-order valence-corrected chi connectivity index (χ1v) is 9.07. The molecule has 1 N–H and O–H groups in total. The summed E-state index contributed by atoms with van der Waals surface area (Å²) >= 11 is 6.21. The van der Waals surface area contributed by atoms with Gasteiger partial charge in [-0.05, 0) is 48.9 Å². The van der Waals surface area contributed by atoms with Gasteiger partial charge in [0.05, 0.1) is 44.2 Å². The maximum absolute atomic E-state index is 12.4. The standard InChI is InChI=1S/C21H22ClNO6/c1-5-29-18-11-13(10-16(22)20(18)27-3)6-9-19(24)23-17-8-7-14(26-2)12-15(17)21(25)28-4/h6-12H,5H2,1-4H3,(H,23,24)/b9-6+. The number of methoxy groups -OCH3 is 3. The summed E-state index contributed by atoms with van der Waals surface area (Å²) in [6, 6.07) is 8.05. The molecule has 29 heavy (non-hydrogen) atoms. The highest BCUT2D eigenvalue weighted by Gasteiger charge is 2.15. The predicted octanol–water partition coefficient (Wildman–Crippen LogP) is 4.19. The van der Waals surface area contributed by atoms with E-state index in [1.807, 2.05) is 6.92 Å². The minimum Gasteiger partial charge on any atom is -0.497 e. The van der Waals surface area contributed by atoms with Crippen molar-refractivity contribution in [1.29, 1.82) is 0 Å². The first kappa shape index (κ1) is 22.1. The number of halogens is 1. The van der Waals surface area contributed by atoms with Crippen LogP contribution in [0, 0.1) is 0 Å². The van der Waals surface area contributed by atoms with Gasteiger partial charge in [0.25, 0.3) is 0 Å². The van der Waals surface area contributed by atoms with Crippen molar-refractivity contribution in [3.05, 3.63) is 52.6 Å². The Morgan fingerprint density at radius 2 is 1.86 bits per heavy atom. The number of carbonyl (C=O) groups excluding carboxylic acids is 2. The smallest absolute Gasteiger partial charge is 0.340 e. The Balaban J connectivity index is 2.23. The van der Waals surface area contributed by atoms with Crippen LogP contribution in [0.3, 0.4) is 0 Å². The van der Waals surface area contributed by atoms with E-state index in [-0.39, 0.29) is 5.56 Å². The first-order chi connectivity index (χ1) is 13.9. The molecular formula is C21H22ClNO6. The number of hydrogen-bond donors (Lipinski definition) is 1. The van der Waals surface area contributed by atoms with Crippen molar-refractivity contribution >= 4 is 35.2 Å². The molecule has 8 heteroatoms. The molecule has 0 unspecified atom stereocenters. The maximum atomic E-state index is 12.4. The van der Waals surface area contributed by atoms with E-state index in [1.54, 1.807) is 30.3 Å². The molecule has 0 saturated carbocycles. The number of benzene rings is 2. The van der Waals surface area contributed by atoms with Crippen molar-refractivity contribution in [3.8, 4) is 17.2 Å². The quantitative estimate of drug-likeness (QED) is 0.510. The molecule has 0 aliphatic heterocycles. The molecule has 0 fully saturated rings. The largest absolute Gasteiger partial charge is 0.497 e. The molecule has 0 radical (unpaired) electrons. The van der Waals surface area contributed by atoms with Gasteiger partial charge < -0.3 is 24.3 Å². The average molecular weight is 420 g/mol. The Hall–Kier alpha value is -3.19. The molecule has 0 spiro atoms. The highest BCUT2D eigenvalue weighted by Crippen LogP contribution is 2.36. The third kappa shape index (κ3) is 5.65. The highest BCUT2D eigenvalue weighted by molar-refractivity contribution is 6.32. The summed E-state index contributed by atoms with van der Waals surface area (Å²) in [4.78, 5) is 24.3. The molecule has 0 aromatic heterocycles. The summed E-state index contributed by atoms with van der Waals surface area (Å²) in [6.45, 7) is 2.28. The lowest BCUT2D eigenvalue weighted by atomic mass is 10.1. The average Bonchev–Trinajstić information content (AvgIpc) is 2.72. The lowest BCUT2D eigenvalue weighted by Gasteiger charge is -2.12. The monoisotopic (exact) mass is 419 g/mol. The fraction of sp³-hybridized carbons (Fsp3) is 0.238. The van der Waals surface area contributed by atoms with Crippen molar-refractivity contribution < 1.29 is 28.5 Å². The van der Waals surface area contributed by atoms with Crippen LogP contribution in [0.1, 0.15) is 22.8 Å². The fourth-order valence-corrected chi connectivity index (χ4v) is 2.83. The molecule has 0 heterocycles. The lowest BCUT2D eigenvalue weighted by molar-refractivity contribution is -0.111. The van der Waals surface area contributed by atoms with Gasteiger partial charge in [-0.3, -0.25) is 4.79 Å². The molecule has 2 rings (SSSR count). The summed E-state index contributed by atoms with van der Waals surface area (Å²) in [5.41, 5.74) is 1.13. The normalized spacial score (nSPS) is 10.5. The van der Waals surface area contributed by atoms with E-state index in [4.69, 9.17) is 30.5 Å². The second-order valence-electron chi connectivity index (χ2n) is 5.69. The molecule has 0 saturated heterocycles. The summed E-state index contributed by atoms with van der Waals surface area (Å²) in [5.74, 6) is 0.341. The van der Waals surface area contributed by atoms with Crippen LogP contribution in [0.25, 0.3) is 6.08 Å². The number of esters is 1. The van der Waals surface area contributed by atoms with Crippen LogP contribution < -0.4 is 19.5 Å². The number of carbonyl (C=O) groups is 2. The van der Waals surface area contributed by atoms with Gasteiger partial charge in [0.1, 0.15) is 5.75 Å². The third-order valence-electron chi connectivity index (χ3n) is 3.85. The molecule has 2 aromatic rings. The molecule has 1 amide bonds. The summed E-state index contributed by atoms with van der Waals surface area (Å²) in [7, 11) is 4.24. The Morgan fingerprint density at radius 1 is 1.10 bits per heavy atom. The number of anilines is 1. The van der Waals surface area contributed by atoms with E-state index in [2.05, 4.69) is 5.32 Å². The van der Waals surface area contributed by atoms with Gasteiger partial charge in [-0.25, -0.2) is 4.79 Å². The van der Waals surface area contributed by atoms with Crippen LogP contribution in [0.15, 0.2) is 36.4 Å². The number of nitrogens with one attached hydrogen (secondary N) is 1. The topological polar surface area (TPSA) is 83.1 Å². The summed E-state index contributed by atoms with van der Waals surface area (Å²) in [6.07, 6.45) is 2.89. The predicted molar refractivity (Wildman–Crippen MR) is 111 cm³/mol. The Morgan fingerprint density at radius 3 is 2.48 bits per heavy atom. The van der Waals surface area contributed by atoms with Gasteiger partial charge in [0.15, 0.2) is 11.5 Å². The van der Waals surface area contributed by atoms with Crippen molar-refractivity contribution in [2.45, 2.75) is 6.92 Å². The van der Waals surface area contributed by atoms with Crippen molar-refractivity contribution in [1.82, 2.24) is 0 Å². The van der Waals surface area contributed by atoms with Crippen molar-refractivity contribution in [3.63, 3.8) is 0 Å². The van der Waals surface area contributed by atoms with Crippen LogP contribution >= 0.6 is 11.6 Å². The fourth-order valence-electron chi connectivity index (χ4n) is 2.53. The molecule has 154 valence electrons. The number of amides is 1. The highest BCUT2D eigenvalue weighted by atomic mass is 35.5. The maximum Gasteiger partial charge on any atom is 0.340 e. The summed E-state index contributed by atoms with van der Waals surface area (Å²) in [5, 5.41) is 3.02. The SMILES string of the molecule is CCOc1cc(/C=C/C(=O)Nc2ccc(OC)cc2C(=O)OC)cc(Cl)c1OC. The minimum atomic E-state index is -0.591. The zero-order valence-electron chi connectivity index (χ0n) is 16.6. The number of rotatable bonds is 8. The van der Waals surface area contributed by atoms with E-state index in [0.717, 1.165) is 0 Å². The van der Waals surface area contributed by atoms with Gasteiger partial charge in [-0.2, -0.15) is 0 Å². The molecule has 0 aliphatic carbocycles. The van der Waals surface area contributed by atoms with Gasteiger partial charge in [0.2, 0.25) is 5.91 Å². The second-order valence-corrected chi connectivity index (χ2v) is 6.10. The van der Waals surface area contributed by atoms with Gasteiger partial charge in [-0.1, -0.05) is 11.6 Å². The van der Waals surface area contributed by atoms with E-state index >= 15 is 0 Å². The number of ether oxygens (including phenoxy) is 4.